The largest absolute Gasteiger partial charge is 0.573 e. The third-order valence-electron chi connectivity index (χ3n) is 3.57. The van der Waals surface area contributed by atoms with Crippen LogP contribution in [0, 0.1) is 0 Å². The lowest BCUT2D eigenvalue weighted by Gasteiger charge is -2.27. The summed E-state index contributed by atoms with van der Waals surface area (Å²) in [6, 6.07) is 5.45. The molecule has 0 N–H and O–H groups in total. The van der Waals surface area contributed by atoms with Crippen molar-refractivity contribution >= 4 is 23.6 Å². The van der Waals surface area contributed by atoms with Crippen molar-refractivity contribution in [1.82, 2.24) is 4.90 Å². The maximum Gasteiger partial charge on any atom is 0.573 e. The Balaban J connectivity index is 2.10. The van der Waals surface area contributed by atoms with Crippen LogP contribution in [0.5, 0.6) is 5.75 Å². The van der Waals surface area contributed by atoms with Gasteiger partial charge in [-0.2, -0.15) is 0 Å². The zero-order chi connectivity index (χ0) is 20.2. The predicted molar refractivity (Wildman–Crippen MR) is 94.8 cm³/mol. The summed E-state index contributed by atoms with van der Waals surface area (Å²) in [6.45, 7) is 5.81. The van der Waals surface area contributed by atoms with Crippen LogP contribution in [0.1, 0.15) is 33.6 Å². The molecule has 0 radical (unpaired) electrons. The van der Waals surface area contributed by atoms with Crippen LogP contribution in [0.2, 0.25) is 0 Å². The minimum atomic E-state index is -4.78. The highest BCUT2D eigenvalue weighted by molar-refractivity contribution is 8.00. The molecule has 150 valence electrons. The number of ketones is 1. The van der Waals surface area contributed by atoms with Gasteiger partial charge in [0.15, 0.2) is 0 Å². The van der Waals surface area contributed by atoms with Crippen LogP contribution >= 0.6 is 11.8 Å². The summed E-state index contributed by atoms with van der Waals surface area (Å²) in [6.07, 6.45) is -4.46. The molecule has 2 rings (SSSR count). The fraction of sp³-hybridized carbons (Fsp3) is 0.556. The molecule has 0 aromatic heterocycles. The number of thioether (sulfide) groups is 1. The molecule has 0 spiro atoms. The van der Waals surface area contributed by atoms with Crippen molar-refractivity contribution in [2.75, 3.05) is 13.1 Å². The van der Waals surface area contributed by atoms with Crippen molar-refractivity contribution in [2.45, 2.75) is 55.7 Å². The van der Waals surface area contributed by atoms with Crippen LogP contribution < -0.4 is 4.74 Å². The third kappa shape index (κ3) is 7.32. The Labute approximate surface area is 160 Å². The number of amides is 1. The Bertz CT molecular complexity index is 688. The molecule has 1 aromatic rings. The molecular weight excluding hydrogens is 383 g/mol. The predicted octanol–water partition coefficient (Wildman–Crippen LogP) is 4.65. The van der Waals surface area contributed by atoms with Gasteiger partial charge >= 0.3 is 12.5 Å². The molecule has 1 aliphatic heterocycles. The van der Waals surface area contributed by atoms with Crippen LogP contribution in [0.15, 0.2) is 29.2 Å². The van der Waals surface area contributed by atoms with Gasteiger partial charge in [0.05, 0.1) is 5.25 Å². The Morgan fingerprint density at radius 2 is 1.96 bits per heavy atom. The van der Waals surface area contributed by atoms with Gasteiger partial charge in [0.25, 0.3) is 0 Å². The number of likely N-dealkylation sites (tertiary alicyclic amines) is 1. The monoisotopic (exact) mass is 405 g/mol. The summed E-state index contributed by atoms with van der Waals surface area (Å²) in [5.41, 5.74) is -0.653. The Morgan fingerprint density at radius 3 is 2.59 bits per heavy atom. The molecular formula is C18H22F3NO4S. The average Bonchev–Trinajstić information content (AvgIpc) is 2.67. The van der Waals surface area contributed by atoms with Gasteiger partial charge < -0.3 is 14.4 Å². The van der Waals surface area contributed by atoms with Gasteiger partial charge in [0.1, 0.15) is 17.1 Å². The van der Waals surface area contributed by atoms with E-state index >= 15 is 0 Å². The van der Waals surface area contributed by atoms with Gasteiger partial charge in [-0.3, -0.25) is 4.79 Å². The van der Waals surface area contributed by atoms with E-state index in [2.05, 4.69) is 4.74 Å². The quantitative estimate of drug-likeness (QED) is 0.733. The maximum absolute atomic E-state index is 12.4. The maximum atomic E-state index is 12.4. The molecule has 1 saturated heterocycles. The average molecular weight is 405 g/mol. The fourth-order valence-electron chi connectivity index (χ4n) is 2.50. The lowest BCUT2D eigenvalue weighted by molar-refractivity contribution is -0.274. The molecule has 1 aliphatic rings. The second-order valence-corrected chi connectivity index (χ2v) is 8.40. The van der Waals surface area contributed by atoms with E-state index < -0.39 is 23.3 Å². The molecule has 1 aromatic carbocycles. The summed E-state index contributed by atoms with van der Waals surface area (Å²) in [5.74, 6) is -0.397. The second-order valence-electron chi connectivity index (χ2n) is 7.13. The normalized spacial score (nSPS) is 18.8. The summed E-state index contributed by atoms with van der Waals surface area (Å²) in [4.78, 5) is 26.6. The van der Waals surface area contributed by atoms with Gasteiger partial charge in [-0.1, -0.05) is 6.07 Å². The summed E-state index contributed by atoms with van der Waals surface area (Å²) >= 11 is 1.12. The first-order chi connectivity index (χ1) is 12.4. The molecule has 5 nitrogen and oxygen atoms in total. The van der Waals surface area contributed by atoms with Gasteiger partial charge in [0.2, 0.25) is 0 Å². The number of carbonyl (C=O) groups excluding carboxylic acids is 2. The van der Waals surface area contributed by atoms with Crippen molar-refractivity contribution in [1.29, 1.82) is 0 Å². The molecule has 1 atom stereocenters. The number of Topliss-reactive ketones (excluding diaryl/α,β-unsaturated/α-hetero) is 1. The zero-order valence-electron chi connectivity index (χ0n) is 15.3. The number of rotatable bonds is 3. The number of halogens is 3. The van der Waals surface area contributed by atoms with Crippen molar-refractivity contribution < 1.29 is 32.2 Å². The minimum absolute atomic E-state index is 0.0480. The number of hydrogen-bond acceptors (Lipinski definition) is 5. The van der Waals surface area contributed by atoms with E-state index in [4.69, 9.17) is 4.74 Å². The molecule has 0 saturated carbocycles. The van der Waals surface area contributed by atoms with Crippen LogP contribution in [-0.2, 0) is 9.53 Å². The molecule has 1 fully saturated rings. The van der Waals surface area contributed by atoms with E-state index in [0.29, 0.717) is 24.3 Å². The van der Waals surface area contributed by atoms with Crippen molar-refractivity contribution in [3.05, 3.63) is 24.3 Å². The lowest BCUT2D eigenvalue weighted by atomic mass is 10.2. The number of ether oxygens (including phenoxy) is 2. The first kappa shape index (κ1) is 21.4. The highest BCUT2D eigenvalue weighted by Crippen LogP contribution is 2.32. The summed E-state index contributed by atoms with van der Waals surface area (Å²) < 4.78 is 46.4. The van der Waals surface area contributed by atoms with Gasteiger partial charge in [-0.05, 0) is 45.4 Å². The lowest BCUT2D eigenvalue weighted by Crippen LogP contribution is -2.40. The fourth-order valence-corrected chi connectivity index (χ4v) is 3.68. The second kappa shape index (κ2) is 8.41. The topological polar surface area (TPSA) is 55.8 Å². The Morgan fingerprint density at radius 1 is 1.26 bits per heavy atom. The van der Waals surface area contributed by atoms with Gasteiger partial charge in [-0.25, -0.2) is 4.79 Å². The number of nitrogens with zero attached hydrogens (tertiary/aromatic N) is 1. The van der Waals surface area contributed by atoms with E-state index in [-0.39, 0.29) is 18.1 Å². The molecule has 1 amide bonds. The minimum Gasteiger partial charge on any atom is -0.444 e. The highest BCUT2D eigenvalue weighted by atomic mass is 32.2. The van der Waals surface area contributed by atoms with Crippen LogP contribution in [0.4, 0.5) is 18.0 Å². The number of benzene rings is 1. The van der Waals surface area contributed by atoms with Gasteiger partial charge in [0, 0.05) is 24.4 Å². The smallest absolute Gasteiger partial charge is 0.444 e. The molecule has 0 bridgehead atoms. The standard InChI is InChI=1S/C18H22F3NO4S/c1-17(2,3)26-16(24)22-9-5-8-14(23)15(11-22)27-13-7-4-6-12(10-13)25-18(19,20)21/h4,6-7,10,15H,5,8-9,11H2,1-3H3. The summed E-state index contributed by atoms with van der Waals surface area (Å²) in [7, 11) is 0. The molecule has 1 heterocycles. The Kier molecular flexibility index (Phi) is 6.67. The Hall–Kier alpha value is -1.90. The first-order valence-electron chi connectivity index (χ1n) is 8.46. The van der Waals surface area contributed by atoms with E-state index in [1.54, 1.807) is 26.8 Å². The van der Waals surface area contributed by atoms with E-state index in [1.807, 2.05) is 0 Å². The summed E-state index contributed by atoms with van der Waals surface area (Å²) in [5, 5.41) is -0.582. The molecule has 0 aliphatic carbocycles. The molecule has 1 unspecified atom stereocenters. The van der Waals surface area contributed by atoms with E-state index in [0.717, 1.165) is 11.8 Å². The SMILES string of the molecule is CC(C)(C)OC(=O)N1CCCC(=O)C(Sc2cccc(OC(F)(F)F)c2)C1. The van der Waals surface area contributed by atoms with Crippen LogP contribution in [0.25, 0.3) is 0 Å². The van der Waals surface area contributed by atoms with Crippen LogP contribution in [0.3, 0.4) is 0 Å². The molecule has 27 heavy (non-hydrogen) atoms. The zero-order valence-corrected chi connectivity index (χ0v) is 16.2. The van der Waals surface area contributed by atoms with Crippen molar-refractivity contribution in [2.24, 2.45) is 0 Å². The van der Waals surface area contributed by atoms with Gasteiger partial charge in [-0.15, -0.1) is 24.9 Å². The number of carbonyl (C=O) groups is 2. The number of hydrogen-bond donors (Lipinski definition) is 0. The van der Waals surface area contributed by atoms with Crippen LogP contribution in [-0.4, -0.2) is 47.1 Å². The first-order valence-corrected chi connectivity index (χ1v) is 9.34. The van der Waals surface area contributed by atoms with E-state index in [1.165, 1.54) is 23.1 Å². The van der Waals surface area contributed by atoms with Crippen molar-refractivity contribution in [3.63, 3.8) is 0 Å². The number of alkyl halides is 3. The molecule has 9 heteroatoms. The third-order valence-corrected chi connectivity index (χ3v) is 4.79. The van der Waals surface area contributed by atoms with Crippen molar-refractivity contribution in [3.8, 4) is 5.75 Å². The highest BCUT2D eigenvalue weighted by Gasteiger charge is 2.32. The van der Waals surface area contributed by atoms with E-state index in [9.17, 15) is 22.8 Å².